The van der Waals surface area contributed by atoms with Crippen LogP contribution < -0.4 is 15.0 Å². The molecule has 1 saturated heterocycles. The largest absolute Gasteiger partial charge is 0.508 e. The lowest BCUT2D eigenvalue weighted by atomic mass is 9.96. The third kappa shape index (κ3) is 5.33. The number of piperazine rings is 1. The van der Waals surface area contributed by atoms with Gasteiger partial charge in [0.05, 0.1) is 18.2 Å². The Hall–Kier alpha value is -3.24. The Morgan fingerprint density at radius 3 is 2.79 bits per heavy atom. The van der Waals surface area contributed by atoms with Gasteiger partial charge in [-0.25, -0.2) is 4.39 Å². The first kappa shape index (κ1) is 26.4. The topological polar surface area (TPSA) is 94.0 Å². The van der Waals surface area contributed by atoms with E-state index in [2.05, 4.69) is 20.2 Å². The normalized spacial score (nSPS) is 16.1. The number of phenolic OH excluding ortho intramolecular Hbond substituents is 1. The number of hydrogen-bond donors (Lipinski definition) is 3. The van der Waals surface area contributed by atoms with E-state index >= 15 is 4.39 Å². The molecule has 3 N–H and O–H groups in total. The molecular weight excluding hydrogens is 509 g/mol. The maximum atomic E-state index is 16.5. The van der Waals surface area contributed by atoms with Crippen molar-refractivity contribution in [3.8, 4) is 22.9 Å². The molecule has 1 aliphatic rings. The van der Waals surface area contributed by atoms with E-state index in [1.165, 1.54) is 6.07 Å². The molecular formula is C28H31ClFN5O3. The third-order valence-electron chi connectivity index (χ3n) is 6.71. The highest BCUT2D eigenvalue weighted by atomic mass is 35.5. The molecule has 0 unspecified atom stereocenters. The number of aromatic hydroxyl groups is 1. The predicted octanol–water partition coefficient (Wildman–Crippen LogP) is 4.05. The molecule has 1 fully saturated rings. The number of anilines is 1. The van der Waals surface area contributed by atoms with Gasteiger partial charge >= 0.3 is 6.01 Å². The second-order valence-corrected chi connectivity index (χ2v) is 10.2. The second-order valence-electron chi connectivity index (χ2n) is 9.77. The standard InChI is InChI=1S/C28H31ClFN5O3/c1-34(2)9-5-11-38-28-32-26-22(27(33-28)35-10-8-31-18(15-35)16-36)14-23(29)24(25(26)30)21-13-19(37)12-17-6-3-4-7-20(17)21/h3-4,6-7,12-14,18,31,36-37H,5,8-11,15-16H2,1-2H3/t18-/m1/s1. The quantitative estimate of drug-likeness (QED) is 0.289. The molecule has 1 aromatic heterocycles. The van der Waals surface area contributed by atoms with Crippen molar-refractivity contribution in [3.63, 3.8) is 0 Å². The SMILES string of the molecule is CN(C)CCCOc1nc(N2CCN[C@@H](CO)C2)c2cc(Cl)c(-c3cc(O)cc4ccccc34)c(F)c2n1. The Morgan fingerprint density at radius 1 is 1.18 bits per heavy atom. The molecule has 8 nitrogen and oxygen atoms in total. The molecule has 38 heavy (non-hydrogen) atoms. The predicted molar refractivity (Wildman–Crippen MR) is 149 cm³/mol. The van der Waals surface area contributed by atoms with Crippen molar-refractivity contribution < 1.29 is 19.3 Å². The summed E-state index contributed by atoms with van der Waals surface area (Å²) in [6.45, 7) is 2.91. The highest BCUT2D eigenvalue weighted by Gasteiger charge is 2.26. The van der Waals surface area contributed by atoms with Gasteiger partial charge < -0.3 is 30.1 Å². The van der Waals surface area contributed by atoms with Crippen LogP contribution in [-0.4, -0.2) is 84.6 Å². The Morgan fingerprint density at radius 2 is 2.00 bits per heavy atom. The Balaban J connectivity index is 1.67. The van der Waals surface area contributed by atoms with E-state index < -0.39 is 5.82 Å². The zero-order valence-corrected chi connectivity index (χ0v) is 22.2. The Kier molecular flexibility index (Phi) is 7.80. The van der Waals surface area contributed by atoms with Gasteiger partial charge in [-0.1, -0.05) is 35.9 Å². The van der Waals surface area contributed by atoms with Gasteiger partial charge in [0.25, 0.3) is 0 Å². The fourth-order valence-electron chi connectivity index (χ4n) is 4.90. The zero-order valence-electron chi connectivity index (χ0n) is 21.4. The van der Waals surface area contributed by atoms with E-state index in [9.17, 15) is 10.2 Å². The molecule has 1 atom stereocenters. The lowest BCUT2D eigenvalue weighted by molar-refractivity contribution is 0.235. The summed E-state index contributed by atoms with van der Waals surface area (Å²) in [6, 6.07) is 12.2. The number of aliphatic hydroxyl groups is 1. The van der Waals surface area contributed by atoms with Crippen molar-refractivity contribution in [2.45, 2.75) is 12.5 Å². The van der Waals surface area contributed by atoms with E-state index in [0.717, 1.165) is 23.7 Å². The molecule has 0 aliphatic carbocycles. The van der Waals surface area contributed by atoms with E-state index in [1.807, 2.05) is 43.3 Å². The number of phenols is 1. The number of hydrogen-bond acceptors (Lipinski definition) is 8. The number of aliphatic hydroxyl groups excluding tert-OH is 1. The van der Waals surface area contributed by atoms with Crippen LogP contribution in [0.2, 0.25) is 5.02 Å². The van der Waals surface area contributed by atoms with E-state index in [4.69, 9.17) is 16.3 Å². The van der Waals surface area contributed by atoms with Crippen LogP contribution in [0.4, 0.5) is 10.2 Å². The minimum atomic E-state index is -0.612. The smallest absolute Gasteiger partial charge is 0.319 e. The molecule has 0 amide bonds. The van der Waals surface area contributed by atoms with Crippen molar-refractivity contribution >= 4 is 39.1 Å². The molecule has 1 aliphatic heterocycles. The summed E-state index contributed by atoms with van der Waals surface area (Å²) in [4.78, 5) is 13.2. The first-order valence-electron chi connectivity index (χ1n) is 12.6. The van der Waals surface area contributed by atoms with Gasteiger partial charge in [-0.05, 0) is 55.1 Å². The van der Waals surface area contributed by atoms with Crippen LogP contribution in [0.15, 0.2) is 42.5 Å². The van der Waals surface area contributed by atoms with Crippen LogP contribution in [0.5, 0.6) is 11.8 Å². The van der Waals surface area contributed by atoms with Gasteiger partial charge in [-0.15, -0.1) is 0 Å². The number of nitrogens with one attached hydrogen (secondary N) is 1. The molecule has 2 heterocycles. The summed E-state index contributed by atoms with van der Waals surface area (Å²) in [6.07, 6.45) is 0.758. The summed E-state index contributed by atoms with van der Waals surface area (Å²) < 4.78 is 22.3. The summed E-state index contributed by atoms with van der Waals surface area (Å²) in [7, 11) is 3.97. The summed E-state index contributed by atoms with van der Waals surface area (Å²) in [5, 5.41) is 25.5. The lowest BCUT2D eigenvalue weighted by Gasteiger charge is -2.34. The van der Waals surface area contributed by atoms with Crippen LogP contribution in [-0.2, 0) is 0 Å². The summed E-state index contributed by atoms with van der Waals surface area (Å²) in [5.74, 6) is -0.0945. The van der Waals surface area contributed by atoms with Crippen molar-refractivity contribution in [2.24, 2.45) is 0 Å². The number of nitrogens with zero attached hydrogens (tertiary/aromatic N) is 4. The molecule has 0 radical (unpaired) electrons. The average Bonchev–Trinajstić information content (AvgIpc) is 2.91. The van der Waals surface area contributed by atoms with Gasteiger partial charge in [0.15, 0.2) is 5.82 Å². The maximum absolute atomic E-state index is 16.5. The Bertz CT molecular complexity index is 1470. The molecule has 200 valence electrons. The number of halogens is 2. The highest BCUT2D eigenvalue weighted by Crippen LogP contribution is 2.42. The molecule has 0 bridgehead atoms. The minimum absolute atomic E-state index is 0.0124. The first-order chi connectivity index (χ1) is 18.4. The molecule has 3 aromatic carbocycles. The van der Waals surface area contributed by atoms with E-state index in [0.29, 0.717) is 43.0 Å². The van der Waals surface area contributed by atoms with Crippen molar-refractivity contribution in [1.29, 1.82) is 0 Å². The fourth-order valence-corrected chi connectivity index (χ4v) is 5.19. The number of rotatable bonds is 8. The molecule has 5 rings (SSSR count). The van der Waals surface area contributed by atoms with Crippen LogP contribution in [0.3, 0.4) is 0 Å². The van der Waals surface area contributed by atoms with Crippen LogP contribution in [0.25, 0.3) is 32.8 Å². The van der Waals surface area contributed by atoms with E-state index in [-0.39, 0.29) is 40.5 Å². The van der Waals surface area contributed by atoms with Gasteiger partial charge in [0.2, 0.25) is 0 Å². The second kappa shape index (κ2) is 11.2. The van der Waals surface area contributed by atoms with E-state index in [1.54, 1.807) is 12.1 Å². The van der Waals surface area contributed by atoms with Crippen molar-refractivity contribution in [3.05, 3.63) is 53.3 Å². The third-order valence-corrected chi connectivity index (χ3v) is 7.01. The fraction of sp³-hybridized carbons (Fsp3) is 0.357. The number of benzene rings is 3. The highest BCUT2D eigenvalue weighted by molar-refractivity contribution is 6.35. The maximum Gasteiger partial charge on any atom is 0.319 e. The lowest BCUT2D eigenvalue weighted by Crippen LogP contribution is -2.52. The average molecular weight is 540 g/mol. The molecule has 0 saturated carbocycles. The van der Waals surface area contributed by atoms with Crippen molar-refractivity contribution in [1.82, 2.24) is 20.2 Å². The number of ether oxygens (including phenoxy) is 1. The monoisotopic (exact) mass is 539 g/mol. The number of fused-ring (bicyclic) bond motifs is 2. The zero-order chi connectivity index (χ0) is 26.8. The Labute approximate surface area is 225 Å². The van der Waals surface area contributed by atoms with Gasteiger partial charge in [-0.3, -0.25) is 0 Å². The number of aromatic nitrogens is 2. The van der Waals surface area contributed by atoms with Crippen molar-refractivity contribution in [2.75, 3.05) is 58.4 Å². The summed E-state index contributed by atoms with van der Waals surface area (Å²) >= 11 is 6.75. The summed E-state index contributed by atoms with van der Waals surface area (Å²) in [5.41, 5.74) is 0.715. The molecule has 0 spiro atoms. The van der Waals surface area contributed by atoms with Crippen LogP contribution in [0, 0.1) is 5.82 Å². The molecule has 4 aromatic rings. The van der Waals surface area contributed by atoms with Gasteiger partial charge in [-0.2, -0.15) is 9.97 Å². The first-order valence-corrected chi connectivity index (χ1v) is 13.0. The van der Waals surface area contributed by atoms with Gasteiger partial charge in [0, 0.05) is 43.2 Å². The minimum Gasteiger partial charge on any atom is -0.508 e. The van der Waals surface area contributed by atoms with Crippen LogP contribution >= 0.6 is 11.6 Å². The van der Waals surface area contributed by atoms with Crippen LogP contribution in [0.1, 0.15) is 6.42 Å². The molecule has 10 heteroatoms. The van der Waals surface area contributed by atoms with Gasteiger partial charge in [0.1, 0.15) is 17.1 Å².